The number of benzene rings is 2. The number of methoxy groups -OCH3 is 1. The van der Waals surface area contributed by atoms with Gasteiger partial charge in [0.1, 0.15) is 28.2 Å². The SMILES string of the molecule is COc1ncnc(Nc2ccc(-c3nncs3)cc2)c1C(=O)N[C@@H]1[C@H]2CC[C@H](C2)[C@@H]1C(=O)Nc1ccc(F)c(C(F)(F)F)c1. The van der Waals surface area contributed by atoms with Crippen LogP contribution >= 0.6 is 11.3 Å². The maximum absolute atomic E-state index is 13.8. The highest BCUT2D eigenvalue weighted by atomic mass is 32.1. The van der Waals surface area contributed by atoms with Crippen LogP contribution in [0.3, 0.4) is 0 Å². The number of rotatable bonds is 8. The molecule has 0 aliphatic heterocycles. The fraction of sp³-hybridized carbons (Fsp3) is 0.310. The van der Waals surface area contributed by atoms with E-state index in [9.17, 15) is 27.2 Å². The van der Waals surface area contributed by atoms with Crippen LogP contribution in [0.5, 0.6) is 5.88 Å². The second kappa shape index (κ2) is 11.8. The van der Waals surface area contributed by atoms with Crippen molar-refractivity contribution in [3.63, 3.8) is 0 Å². The molecule has 0 unspecified atom stereocenters. The molecule has 0 saturated heterocycles. The van der Waals surface area contributed by atoms with Crippen molar-refractivity contribution in [1.29, 1.82) is 0 Å². The molecule has 2 aliphatic carbocycles. The topological polar surface area (TPSA) is 131 Å². The van der Waals surface area contributed by atoms with Gasteiger partial charge in [-0.1, -0.05) is 11.3 Å². The van der Waals surface area contributed by atoms with Crippen LogP contribution in [0.4, 0.5) is 34.8 Å². The minimum atomic E-state index is -4.92. The van der Waals surface area contributed by atoms with Crippen molar-refractivity contribution in [3.8, 4) is 16.5 Å². The molecule has 2 aromatic heterocycles. The van der Waals surface area contributed by atoms with E-state index < -0.39 is 41.3 Å². The average Bonchev–Trinajstić information content (AvgIpc) is 3.77. The van der Waals surface area contributed by atoms with E-state index in [1.165, 1.54) is 24.8 Å². The first-order valence-corrected chi connectivity index (χ1v) is 14.5. The summed E-state index contributed by atoms with van der Waals surface area (Å²) in [5, 5.41) is 17.2. The first-order chi connectivity index (χ1) is 21.1. The van der Waals surface area contributed by atoms with Gasteiger partial charge in [-0.25, -0.2) is 14.4 Å². The second-order valence-corrected chi connectivity index (χ2v) is 11.4. The zero-order valence-electron chi connectivity index (χ0n) is 23.1. The molecular formula is C29H25F4N7O3S. The summed E-state index contributed by atoms with van der Waals surface area (Å²) in [5.41, 5.74) is 1.50. The van der Waals surface area contributed by atoms with Crippen molar-refractivity contribution >= 4 is 40.3 Å². The van der Waals surface area contributed by atoms with E-state index in [2.05, 4.69) is 36.1 Å². The van der Waals surface area contributed by atoms with Crippen LogP contribution in [0.1, 0.15) is 35.2 Å². The van der Waals surface area contributed by atoms with E-state index in [0.29, 0.717) is 24.2 Å². The van der Waals surface area contributed by atoms with Gasteiger partial charge in [-0.3, -0.25) is 9.59 Å². The molecule has 2 saturated carbocycles. The average molecular weight is 628 g/mol. The number of carbonyl (C=O) groups excluding carboxylic acids is 2. The van der Waals surface area contributed by atoms with E-state index in [1.54, 1.807) is 17.6 Å². The number of amides is 2. The predicted molar refractivity (Wildman–Crippen MR) is 153 cm³/mol. The monoisotopic (exact) mass is 627 g/mol. The van der Waals surface area contributed by atoms with Gasteiger partial charge in [0.15, 0.2) is 5.82 Å². The highest BCUT2D eigenvalue weighted by molar-refractivity contribution is 7.12. The standard InChI is InChI=1S/C29H25F4N7O3S/c1-43-27-22(24(34-12-35-27)37-17-6-4-14(5-7-17)28-40-36-13-44-28)26(42)39-23-16-3-2-15(10-16)21(23)25(41)38-18-8-9-20(30)19(11-18)29(31,32)33/h4-9,11-13,15-16,21,23H,2-3,10H2,1H3,(H,38,41)(H,39,42)(H,34,35,37)/t15-,16+,21+,23-/m1/s1. The Balaban J connectivity index is 1.22. The van der Waals surface area contributed by atoms with Crippen molar-refractivity contribution in [2.45, 2.75) is 31.5 Å². The molecule has 2 heterocycles. The molecule has 4 aromatic rings. The number of halogens is 4. The third-order valence-electron chi connectivity index (χ3n) is 8.04. The normalized spacial score (nSPS) is 20.8. The van der Waals surface area contributed by atoms with Crippen LogP contribution in [-0.2, 0) is 11.0 Å². The fourth-order valence-electron chi connectivity index (χ4n) is 6.10. The molecule has 2 bridgehead atoms. The van der Waals surface area contributed by atoms with E-state index in [-0.39, 0.29) is 34.8 Å². The smallest absolute Gasteiger partial charge is 0.419 e. The number of ether oxygens (including phenoxy) is 1. The number of alkyl halides is 3. The van der Waals surface area contributed by atoms with E-state index in [0.717, 1.165) is 29.5 Å². The molecule has 2 aliphatic rings. The van der Waals surface area contributed by atoms with Gasteiger partial charge >= 0.3 is 6.18 Å². The number of anilines is 3. The molecule has 2 fully saturated rings. The lowest BCUT2D eigenvalue weighted by Crippen LogP contribution is -2.48. The maximum Gasteiger partial charge on any atom is 0.419 e. The Morgan fingerprint density at radius 1 is 1.02 bits per heavy atom. The zero-order valence-corrected chi connectivity index (χ0v) is 23.9. The van der Waals surface area contributed by atoms with Gasteiger partial charge in [0.25, 0.3) is 5.91 Å². The minimum absolute atomic E-state index is 0.0145. The first kappa shape index (κ1) is 29.4. The number of hydrogen-bond acceptors (Lipinski definition) is 9. The number of hydrogen-bond donors (Lipinski definition) is 3. The van der Waals surface area contributed by atoms with Gasteiger partial charge in [0.2, 0.25) is 11.8 Å². The van der Waals surface area contributed by atoms with Crippen molar-refractivity contribution in [3.05, 3.63) is 71.2 Å². The lowest BCUT2D eigenvalue weighted by atomic mass is 9.83. The lowest BCUT2D eigenvalue weighted by molar-refractivity contribution is -0.140. The number of nitrogens with zero attached hydrogens (tertiary/aromatic N) is 4. The van der Waals surface area contributed by atoms with E-state index in [1.807, 2.05) is 12.1 Å². The molecule has 2 aromatic carbocycles. The van der Waals surface area contributed by atoms with Crippen LogP contribution < -0.4 is 20.7 Å². The lowest BCUT2D eigenvalue weighted by Gasteiger charge is -2.31. The van der Waals surface area contributed by atoms with Crippen LogP contribution in [0.2, 0.25) is 0 Å². The number of fused-ring (bicyclic) bond motifs is 2. The Labute approximate surface area is 252 Å². The summed E-state index contributed by atoms with van der Waals surface area (Å²) in [7, 11) is 1.37. The van der Waals surface area contributed by atoms with Gasteiger partial charge in [0, 0.05) is 23.0 Å². The van der Waals surface area contributed by atoms with Crippen LogP contribution in [0.25, 0.3) is 10.6 Å². The van der Waals surface area contributed by atoms with Crippen LogP contribution in [0, 0.1) is 23.6 Å². The van der Waals surface area contributed by atoms with Crippen LogP contribution in [0.15, 0.2) is 54.3 Å². The van der Waals surface area contributed by atoms with Gasteiger partial charge in [-0.05, 0) is 73.6 Å². The third kappa shape index (κ3) is 5.78. The molecule has 15 heteroatoms. The summed E-state index contributed by atoms with van der Waals surface area (Å²) in [6.45, 7) is 0. The fourth-order valence-corrected chi connectivity index (χ4v) is 6.66. The molecule has 2 amide bonds. The molecule has 4 atom stereocenters. The Kier molecular flexibility index (Phi) is 7.88. The largest absolute Gasteiger partial charge is 0.480 e. The van der Waals surface area contributed by atoms with Gasteiger partial charge < -0.3 is 20.7 Å². The molecule has 10 nitrogen and oxygen atoms in total. The van der Waals surface area contributed by atoms with Crippen molar-refractivity contribution < 1.29 is 31.9 Å². The highest BCUT2D eigenvalue weighted by Crippen LogP contribution is 2.49. The Morgan fingerprint density at radius 3 is 2.48 bits per heavy atom. The third-order valence-corrected chi connectivity index (χ3v) is 8.78. The molecule has 228 valence electrons. The predicted octanol–water partition coefficient (Wildman–Crippen LogP) is 5.69. The number of aromatic nitrogens is 4. The first-order valence-electron chi connectivity index (χ1n) is 13.6. The van der Waals surface area contributed by atoms with Gasteiger partial charge in [-0.15, -0.1) is 10.2 Å². The number of nitrogens with one attached hydrogen (secondary N) is 3. The van der Waals surface area contributed by atoms with Gasteiger partial charge in [0.05, 0.1) is 18.6 Å². The maximum atomic E-state index is 13.8. The quantitative estimate of drug-likeness (QED) is 0.213. The zero-order chi connectivity index (χ0) is 31.0. The summed E-state index contributed by atoms with van der Waals surface area (Å²) in [6, 6.07) is 8.99. The Bertz CT molecular complexity index is 1690. The molecule has 3 N–H and O–H groups in total. The molecule has 0 radical (unpaired) electrons. The summed E-state index contributed by atoms with van der Waals surface area (Å²) in [6.07, 6.45) is -1.47. The summed E-state index contributed by atoms with van der Waals surface area (Å²) in [4.78, 5) is 35.5. The molecule has 6 rings (SSSR count). The number of carbonyl (C=O) groups is 2. The molecule has 44 heavy (non-hydrogen) atoms. The van der Waals surface area contributed by atoms with Gasteiger partial charge in [-0.2, -0.15) is 13.2 Å². The van der Waals surface area contributed by atoms with Crippen molar-refractivity contribution in [2.24, 2.45) is 17.8 Å². The Morgan fingerprint density at radius 2 is 1.77 bits per heavy atom. The van der Waals surface area contributed by atoms with Crippen LogP contribution in [-0.4, -0.2) is 45.1 Å². The Hall–Kier alpha value is -4.66. The summed E-state index contributed by atoms with van der Waals surface area (Å²) in [5.74, 6) is -3.17. The molecular weight excluding hydrogens is 602 g/mol. The minimum Gasteiger partial charge on any atom is -0.480 e. The summed E-state index contributed by atoms with van der Waals surface area (Å²) < 4.78 is 58.9. The van der Waals surface area contributed by atoms with E-state index >= 15 is 0 Å². The van der Waals surface area contributed by atoms with E-state index in [4.69, 9.17) is 4.74 Å². The van der Waals surface area contributed by atoms with Crippen molar-refractivity contribution in [1.82, 2.24) is 25.5 Å². The second-order valence-electron chi connectivity index (χ2n) is 10.6. The van der Waals surface area contributed by atoms with Crippen molar-refractivity contribution in [2.75, 3.05) is 17.7 Å². The molecule has 0 spiro atoms. The highest BCUT2D eigenvalue weighted by Gasteiger charge is 2.51. The summed E-state index contributed by atoms with van der Waals surface area (Å²) >= 11 is 1.40.